The number of likely N-dealkylation sites (tertiary alicyclic amines) is 2. The molecule has 0 saturated carbocycles. The molecule has 0 atom stereocenters. The van der Waals surface area contributed by atoms with Gasteiger partial charge in [-0.15, -0.1) is 6.42 Å². The van der Waals surface area contributed by atoms with Gasteiger partial charge in [0, 0.05) is 67.0 Å². The van der Waals surface area contributed by atoms with Crippen LogP contribution in [-0.4, -0.2) is 120 Å². The highest BCUT2D eigenvalue weighted by Crippen LogP contribution is 2.36. The topological polar surface area (TPSA) is 128 Å². The number of hydrogen-bond acceptors (Lipinski definition) is 8. The van der Waals surface area contributed by atoms with E-state index in [1.165, 1.54) is 32.9 Å². The molecule has 0 unspecified atom stereocenters. The van der Waals surface area contributed by atoms with Crippen LogP contribution in [0, 0.1) is 12.3 Å². The van der Waals surface area contributed by atoms with E-state index in [-0.39, 0.29) is 11.1 Å². The van der Waals surface area contributed by atoms with E-state index < -0.39 is 11.9 Å². The summed E-state index contributed by atoms with van der Waals surface area (Å²) in [5, 5.41) is 21.3. The SMILES string of the molecule is C#CCOCCn1cc(C2CCN(CCOc3ccccc3C(=O)O)CC2)c2ccccc21.CCCOCCn1cc(C2CCN(CCOc3ccccc3C(=O)O)CC2)c2ccccc21. The Labute approximate surface area is 388 Å². The van der Waals surface area contributed by atoms with Gasteiger partial charge in [-0.05, 0) is 118 Å². The van der Waals surface area contributed by atoms with Crippen LogP contribution in [0.2, 0.25) is 0 Å². The first-order valence-electron chi connectivity index (χ1n) is 23.4. The fourth-order valence-corrected chi connectivity index (χ4v) is 9.32. The van der Waals surface area contributed by atoms with Crippen molar-refractivity contribution in [3.63, 3.8) is 0 Å². The molecule has 4 aromatic carbocycles. The highest BCUT2D eigenvalue weighted by molar-refractivity contribution is 5.91. The molecule has 0 amide bonds. The molecular weight excluding hydrogens is 833 g/mol. The number of rotatable bonds is 21. The molecule has 0 radical (unpaired) electrons. The van der Waals surface area contributed by atoms with Crippen LogP contribution in [0.15, 0.2) is 109 Å². The van der Waals surface area contributed by atoms with Gasteiger partial charge in [0.25, 0.3) is 0 Å². The lowest BCUT2D eigenvalue weighted by Gasteiger charge is -2.31. The average molecular weight is 897 g/mol. The second kappa shape index (κ2) is 24.4. The lowest BCUT2D eigenvalue weighted by Crippen LogP contribution is -2.35. The summed E-state index contributed by atoms with van der Waals surface area (Å²) in [6, 6.07) is 30.9. The average Bonchev–Trinajstić information content (AvgIpc) is 3.91. The van der Waals surface area contributed by atoms with Crippen LogP contribution in [0.3, 0.4) is 0 Å². The summed E-state index contributed by atoms with van der Waals surface area (Å²) in [4.78, 5) is 27.5. The third-order valence-corrected chi connectivity index (χ3v) is 12.7. The summed E-state index contributed by atoms with van der Waals surface area (Å²) in [7, 11) is 0. The largest absolute Gasteiger partial charge is 0.491 e. The lowest BCUT2D eigenvalue weighted by atomic mass is 9.89. The van der Waals surface area contributed by atoms with E-state index in [2.05, 4.69) is 92.7 Å². The van der Waals surface area contributed by atoms with Crippen LogP contribution in [0.1, 0.15) is 82.7 Å². The number of para-hydroxylation sites is 4. The molecule has 12 heteroatoms. The van der Waals surface area contributed by atoms with Crippen molar-refractivity contribution in [1.82, 2.24) is 18.9 Å². The number of hydrogen-bond donors (Lipinski definition) is 2. The second-order valence-electron chi connectivity index (χ2n) is 17.0. The van der Waals surface area contributed by atoms with Gasteiger partial charge in [0.1, 0.15) is 42.4 Å². The van der Waals surface area contributed by atoms with Crippen LogP contribution < -0.4 is 9.47 Å². The van der Waals surface area contributed by atoms with Crippen LogP contribution >= 0.6 is 0 Å². The predicted octanol–water partition coefficient (Wildman–Crippen LogP) is 9.27. The number of aromatic carboxylic acids is 2. The van der Waals surface area contributed by atoms with Gasteiger partial charge in [-0.1, -0.05) is 73.5 Å². The van der Waals surface area contributed by atoms with E-state index in [0.29, 0.717) is 49.8 Å². The minimum atomic E-state index is -0.965. The fourth-order valence-electron chi connectivity index (χ4n) is 9.32. The van der Waals surface area contributed by atoms with E-state index in [1.54, 1.807) is 48.5 Å². The van der Waals surface area contributed by atoms with Crippen LogP contribution in [0.25, 0.3) is 21.8 Å². The van der Waals surface area contributed by atoms with Gasteiger partial charge < -0.3 is 38.3 Å². The number of carboxylic acids is 2. The van der Waals surface area contributed by atoms with Crippen molar-refractivity contribution in [2.75, 3.05) is 78.9 Å². The predicted molar refractivity (Wildman–Crippen MR) is 259 cm³/mol. The Hall–Kier alpha value is -6.10. The summed E-state index contributed by atoms with van der Waals surface area (Å²) in [5.74, 6) is 2.54. The normalized spacial score (nSPS) is 15.0. The molecule has 2 saturated heterocycles. The zero-order valence-electron chi connectivity index (χ0n) is 38.2. The number of ether oxygens (including phenoxy) is 4. The number of benzene rings is 4. The smallest absolute Gasteiger partial charge is 0.339 e. The van der Waals surface area contributed by atoms with Gasteiger partial charge in [-0.25, -0.2) is 9.59 Å². The maximum atomic E-state index is 11.3. The summed E-state index contributed by atoms with van der Waals surface area (Å²) < 4.78 is 27.4. The molecule has 4 heterocycles. The number of aromatic nitrogens is 2. The first-order chi connectivity index (χ1) is 32.3. The number of piperidine rings is 2. The van der Waals surface area contributed by atoms with Crippen molar-refractivity contribution in [2.24, 2.45) is 0 Å². The van der Waals surface area contributed by atoms with E-state index in [9.17, 15) is 19.8 Å². The third kappa shape index (κ3) is 12.6. The number of carboxylic acid groups (broad SMARTS) is 2. The third-order valence-electron chi connectivity index (χ3n) is 12.7. The maximum Gasteiger partial charge on any atom is 0.339 e. The molecule has 2 N–H and O–H groups in total. The second-order valence-corrected chi connectivity index (χ2v) is 17.0. The van der Waals surface area contributed by atoms with Crippen molar-refractivity contribution in [3.8, 4) is 23.8 Å². The molecule has 0 spiro atoms. The molecule has 2 aliphatic rings. The number of terminal acetylenes is 1. The summed E-state index contributed by atoms with van der Waals surface area (Å²) in [5.41, 5.74) is 5.82. The molecule has 0 bridgehead atoms. The first-order valence-corrected chi connectivity index (χ1v) is 23.4. The quantitative estimate of drug-likeness (QED) is 0.0533. The molecule has 66 heavy (non-hydrogen) atoms. The maximum absolute atomic E-state index is 11.3. The van der Waals surface area contributed by atoms with Crippen LogP contribution in [0.5, 0.6) is 11.5 Å². The van der Waals surface area contributed by atoms with E-state index in [4.69, 9.17) is 25.4 Å². The van der Waals surface area contributed by atoms with Gasteiger partial charge in [0.15, 0.2) is 0 Å². The monoisotopic (exact) mass is 896 g/mol. The molecular formula is C54H64N4O8. The van der Waals surface area contributed by atoms with Crippen molar-refractivity contribution >= 4 is 33.7 Å². The molecule has 2 fully saturated rings. The van der Waals surface area contributed by atoms with E-state index >= 15 is 0 Å². The van der Waals surface area contributed by atoms with E-state index in [0.717, 1.165) is 97.7 Å². The Bertz CT molecular complexity index is 2520. The van der Waals surface area contributed by atoms with Crippen LogP contribution in [0.4, 0.5) is 0 Å². The number of carbonyl (C=O) groups is 2. The molecule has 12 nitrogen and oxygen atoms in total. The van der Waals surface area contributed by atoms with Gasteiger partial charge in [0.2, 0.25) is 0 Å². The molecule has 6 aromatic rings. The van der Waals surface area contributed by atoms with Crippen molar-refractivity contribution in [3.05, 3.63) is 132 Å². The highest BCUT2D eigenvalue weighted by atomic mass is 16.5. The highest BCUT2D eigenvalue weighted by Gasteiger charge is 2.26. The Morgan fingerprint density at radius 2 is 1.00 bits per heavy atom. The standard InChI is InChI=1S/C27H34N2O4.C27H30N2O4/c2*1-2-17-32-18-16-29-20-24(22-7-3-5-9-25(22)29)21-11-13-28(14-12-21)15-19-33-26-10-6-4-8-23(26)27(30)31/h3-10,20-21H,2,11-19H2,1H3,(H,30,31);1,3-10,20-21H,11-19H2,(H,30,31). The minimum absolute atomic E-state index is 0.206. The zero-order valence-corrected chi connectivity index (χ0v) is 38.2. The molecule has 2 aliphatic heterocycles. The van der Waals surface area contributed by atoms with E-state index in [1.807, 2.05) is 0 Å². The molecule has 2 aromatic heterocycles. The fraction of sp³-hybridized carbons (Fsp3) is 0.407. The van der Waals surface area contributed by atoms with Crippen LogP contribution in [-0.2, 0) is 22.6 Å². The Morgan fingerprint density at radius 3 is 1.44 bits per heavy atom. The Balaban J connectivity index is 0.000000196. The zero-order chi connectivity index (χ0) is 46.1. The molecule has 0 aliphatic carbocycles. The lowest BCUT2D eigenvalue weighted by molar-refractivity contribution is 0.0680. The Morgan fingerprint density at radius 1 is 0.576 bits per heavy atom. The molecule has 8 rings (SSSR count). The summed E-state index contributed by atoms with van der Waals surface area (Å²) >= 11 is 0. The number of fused-ring (bicyclic) bond motifs is 2. The van der Waals surface area contributed by atoms with Gasteiger partial charge in [-0.2, -0.15) is 0 Å². The van der Waals surface area contributed by atoms with Gasteiger partial charge in [0.05, 0.1) is 13.2 Å². The van der Waals surface area contributed by atoms with Crippen molar-refractivity contribution < 1.29 is 38.7 Å². The molecule has 348 valence electrons. The first kappa shape index (κ1) is 47.9. The van der Waals surface area contributed by atoms with Crippen molar-refractivity contribution in [1.29, 1.82) is 0 Å². The Kier molecular flexibility index (Phi) is 17.7. The van der Waals surface area contributed by atoms with Crippen molar-refractivity contribution in [2.45, 2.75) is 64.0 Å². The minimum Gasteiger partial charge on any atom is -0.491 e. The van der Waals surface area contributed by atoms with Gasteiger partial charge >= 0.3 is 11.9 Å². The summed E-state index contributed by atoms with van der Waals surface area (Å²) in [6.07, 6.45) is 15.4. The van der Waals surface area contributed by atoms with Gasteiger partial charge in [-0.3, -0.25) is 9.80 Å². The number of nitrogens with zero attached hydrogens (tertiary/aromatic N) is 4. The summed E-state index contributed by atoms with van der Waals surface area (Å²) in [6.45, 7) is 12.9.